The maximum atomic E-state index is 8.42. The van der Waals surface area contributed by atoms with Gasteiger partial charge in [0.15, 0.2) is 0 Å². The molecule has 0 unspecified atom stereocenters. The molecule has 0 spiro atoms. The molecule has 0 aliphatic rings. The van der Waals surface area contributed by atoms with Gasteiger partial charge in [-0.1, -0.05) is 0 Å². The summed E-state index contributed by atoms with van der Waals surface area (Å²) in [7, 11) is -2.92. The Kier molecular flexibility index (Phi) is 24.7. The molecule has 0 rings (SSSR count). The van der Waals surface area contributed by atoms with Gasteiger partial charge in [0.1, 0.15) is 0 Å². The average Bonchev–Trinajstić information content (AvgIpc) is 0.811. The van der Waals surface area contributed by atoms with E-state index in [1.54, 1.807) is 0 Å². The Hall–Kier alpha value is 1.06. The summed E-state index contributed by atoms with van der Waals surface area (Å²) in [5, 5.41) is 25.2. The third-order valence-electron chi connectivity index (χ3n) is 0. The number of hydrogen-bond donors (Lipinski definition) is 0. The van der Waals surface area contributed by atoms with E-state index in [-0.39, 0.29) is 35.9 Å². The van der Waals surface area contributed by atoms with Crippen LogP contribution in [0.5, 0.6) is 0 Å². The maximum Gasteiger partial charge on any atom is 2.00 e. The molecule has 0 aliphatic heterocycles. The molecule has 6 heavy (non-hydrogen) atoms. The van der Waals surface area contributed by atoms with Crippen LogP contribution < -0.4 is 33.9 Å². The van der Waals surface area contributed by atoms with E-state index >= 15 is 0 Å². The van der Waals surface area contributed by atoms with Gasteiger partial charge in [-0.25, -0.2) is 0 Å². The van der Waals surface area contributed by atoms with Gasteiger partial charge in [-0.05, 0) is 0 Å². The first-order chi connectivity index (χ1) is 1.73. The van der Waals surface area contributed by atoms with Crippen LogP contribution in [0.4, 0.5) is 0 Å². The molecular formula is BLiMnO3. The summed E-state index contributed by atoms with van der Waals surface area (Å²) >= 11 is 0. The molecule has 6 heteroatoms. The molecular weight excluding hydrogens is 121 g/mol. The monoisotopic (exact) mass is 121 g/mol. The standard InChI is InChI=1S/BO3.Li.Mn/c2-1(3)4;;/q-3;+1;+2. The SMILES string of the molecule is [Li+].[Mn+2].[O-]B([O-])[O-]. The largest absolute Gasteiger partial charge is 2.00 e. The second-order valence-corrected chi connectivity index (χ2v) is 0.289. The van der Waals surface area contributed by atoms with Gasteiger partial charge >= 0.3 is 35.9 Å². The smallest absolute Gasteiger partial charge is 0.907 e. The summed E-state index contributed by atoms with van der Waals surface area (Å²) in [6, 6.07) is 0. The number of rotatable bonds is 0. The maximum absolute atomic E-state index is 8.42. The van der Waals surface area contributed by atoms with Crippen LogP contribution in [0.3, 0.4) is 0 Å². The zero-order chi connectivity index (χ0) is 3.58. The first kappa shape index (κ1) is 15.7. The van der Waals surface area contributed by atoms with E-state index in [0.717, 1.165) is 0 Å². The van der Waals surface area contributed by atoms with E-state index < -0.39 is 7.32 Å². The third kappa shape index (κ3) is 74.1. The zero-order valence-corrected chi connectivity index (χ0v) is 4.36. The van der Waals surface area contributed by atoms with Gasteiger partial charge in [0, 0.05) is 0 Å². The average molecular weight is 121 g/mol. The summed E-state index contributed by atoms with van der Waals surface area (Å²) in [4.78, 5) is 0. The fourth-order valence-electron chi connectivity index (χ4n) is 0. The Labute approximate surface area is 58.6 Å². The van der Waals surface area contributed by atoms with Crippen molar-refractivity contribution in [3.05, 3.63) is 0 Å². The van der Waals surface area contributed by atoms with Crippen LogP contribution in [-0.4, -0.2) is 7.32 Å². The molecule has 0 atom stereocenters. The predicted molar refractivity (Wildman–Crippen MR) is 5.75 cm³/mol. The van der Waals surface area contributed by atoms with Gasteiger partial charge < -0.3 is 15.1 Å². The molecule has 0 aliphatic carbocycles. The first-order valence-corrected chi connectivity index (χ1v) is 0.707. The quantitative estimate of drug-likeness (QED) is 0.299. The summed E-state index contributed by atoms with van der Waals surface area (Å²) < 4.78 is 0. The van der Waals surface area contributed by atoms with E-state index in [9.17, 15) is 0 Å². The summed E-state index contributed by atoms with van der Waals surface area (Å²) in [6.45, 7) is 0. The van der Waals surface area contributed by atoms with Crippen molar-refractivity contribution in [3.63, 3.8) is 0 Å². The van der Waals surface area contributed by atoms with Crippen LogP contribution in [0.1, 0.15) is 0 Å². The molecule has 0 fully saturated rings. The minimum absolute atomic E-state index is 0. The molecule has 0 saturated carbocycles. The van der Waals surface area contributed by atoms with Gasteiger partial charge in [0.25, 0.3) is 0 Å². The minimum atomic E-state index is -2.92. The van der Waals surface area contributed by atoms with Crippen LogP contribution in [-0.2, 0) is 17.1 Å². The Morgan fingerprint density at radius 2 is 1.00 bits per heavy atom. The van der Waals surface area contributed by atoms with Gasteiger partial charge in [-0.2, -0.15) is 0 Å². The molecule has 0 N–H and O–H groups in total. The Balaban J connectivity index is -0.0000000450. The van der Waals surface area contributed by atoms with Crippen molar-refractivity contribution in [2.45, 2.75) is 0 Å². The zero-order valence-electron chi connectivity index (χ0n) is 3.18. The van der Waals surface area contributed by atoms with E-state index in [0.29, 0.717) is 0 Å². The van der Waals surface area contributed by atoms with E-state index in [1.807, 2.05) is 0 Å². The first-order valence-electron chi connectivity index (χ1n) is 0.707. The predicted octanol–water partition coefficient (Wildman–Crippen LogP) is -6.95. The molecule has 0 aromatic rings. The van der Waals surface area contributed by atoms with Crippen molar-refractivity contribution in [1.82, 2.24) is 0 Å². The van der Waals surface area contributed by atoms with Crippen molar-refractivity contribution in [2.75, 3.05) is 0 Å². The van der Waals surface area contributed by atoms with Crippen LogP contribution >= 0.6 is 0 Å². The van der Waals surface area contributed by atoms with Crippen LogP contribution in [0.2, 0.25) is 0 Å². The van der Waals surface area contributed by atoms with Crippen molar-refractivity contribution in [3.8, 4) is 0 Å². The second kappa shape index (κ2) is 9.41. The Morgan fingerprint density at radius 1 is 1.00 bits per heavy atom. The third-order valence-corrected chi connectivity index (χ3v) is 0. The molecule has 1 radical (unpaired) electrons. The van der Waals surface area contributed by atoms with Gasteiger partial charge in [-0.3, -0.25) is 7.32 Å². The molecule has 3 nitrogen and oxygen atoms in total. The Bertz CT molecular complexity index is 15.5. The minimum Gasteiger partial charge on any atom is -0.907 e. The molecule has 0 amide bonds. The van der Waals surface area contributed by atoms with Gasteiger partial charge in [-0.15, -0.1) is 0 Å². The molecule has 0 aromatic heterocycles. The molecule has 0 bridgehead atoms. The van der Waals surface area contributed by atoms with E-state index in [2.05, 4.69) is 0 Å². The van der Waals surface area contributed by atoms with Gasteiger partial charge in [0.05, 0.1) is 0 Å². The normalized spacial score (nSPS) is 4.50. The summed E-state index contributed by atoms with van der Waals surface area (Å²) in [5.41, 5.74) is 0. The summed E-state index contributed by atoms with van der Waals surface area (Å²) in [6.07, 6.45) is 0. The van der Waals surface area contributed by atoms with Crippen molar-refractivity contribution in [1.29, 1.82) is 0 Å². The van der Waals surface area contributed by atoms with E-state index in [4.69, 9.17) is 15.1 Å². The fourth-order valence-corrected chi connectivity index (χ4v) is 0. The van der Waals surface area contributed by atoms with Crippen molar-refractivity contribution >= 4 is 7.32 Å². The number of hydrogen-bond acceptors (Lipinski definition) is 3. The molecule has 0 heterocycles. The molecule has 0 saturated heterocycles. The van der Waals surface area contributed by atoms with Crippen molar-refractivity contribution in [2.24, 2.45) is 0 Å². The van der Waals surface area contributed by atoms with Gasteiger partial charge in [0.2, 0.25) is 0 Å². The summed E-state index contributed by atoms with van der Waals surface area (Å²) in [5.74, 6) is 0. The van der Waals surface area contributed by atoms with E-state index in [1.165, 1.54) is 0 Å². The fraction of sp³-hybridized carbons (Fsp3) is 0. The molecule has 0 aromatic carbocycles. The second-order valence-electron chi connectivity index (χ2n) is 0.289. The van der Waals surface area contributed by atoms with Crippen molar-refractivity contribution < 1.29 is 51.0 Å². The molecule has 29 valence electrons. The van der Waals surface area contributed by atoms with Crippen LogP contribution in [0.25, 0.3) is 0 Å². The topological polar surface area (TPSA) is 69.2 Å². The van der Waals surface area contributed by atoms with Crippen LogP contribution in [0, 0.1) is 0 Å². The Morgan fingerprint density at radius 3 is 1.00 bits per heavy atom. The van der Waals surface area contributed by atoms with Crippen LogP contribution in [0.15, 0.2) is 0 Å².